The minimum Gasteiger partial charge on any atom is -0.431 e. The average Bonchev–Trinajstić information content (AvgIpc) is 3.08. The molecule has 0 radical (unpaired) electrons. The highest BCUT2D eigenvalue weighted by atomic mass is 19.4. The number of nitrogens with one attached hydrogen (secondary N) is 2. The van der Waals surface area contributed by atoms with Crippen molar-refractivity contribution in [2.75, 3.05) is 12.4 Å². The number of halogens is 7. The Morgan fingerprint density at radius 2 is 1.86 bits per heavy atom. The molecule has 1 aliphatic rings. The molecule has 36 heavy (non-hydrogen) atoms. The van der Waals surface area contributed by atoms with Crippen molar-refractivity contribution in [2.24, 2.45) is 5.92 Å². The third-order valence-electron chi connectivity index (χ3n) is 6.06. The summed E-state index contributed by atoms with van der Waals surface area (Å²) in [6.07, 6.45) is -5.89. The molecule has 7 nitrogen and oxygen atoms in total. The maximum atomic E-state index is 14.4. The molecule has 0 saturated carbocycles. The highest BCUT2D eigenvalue weighted by molar-refractivity contribution is 5.97. The van der Waals surface area contributed by atoms with Crippen LogP contribution < -0.4 is 15.4 Å². The molecule has 1 saturated heterocycles. The van der Waals surface area contributed by atoms with Crippen LogP contribution in [0.4, 0.5) is 36.4 Å². The van der Waals surface area contributed by atoms with E-state index in [0.29, 0.717) is 13.0 Å². The zero-order valence-electron chi connectivity index (χ0n) is 18.9. The van der Waals surface area contributed by atoms with E-state index in [1.165, 1.54) is 13.1 Å². The van der Waals surface area contributed by atoms with Gasteiger partial charge in [0, 0.05) is 36.3 Å². The number of alkyl halides is 5. The lowest BCUT2D eigenvalue weighted by atomic mass is 9.77. The minimum atomic E-state index is -5.04. The van der Waals surface area contributed by atoms with E-state index in [2.05, 4.69) is 20.4 Å². The molecule has 2 heterocycles. The summed E-state index contributed by atoms with van der Waals surface area (Å²) in [7, 11) is 1.33. The van der Waals surface area contributed by atoms with Crippen molar-refractivity contribution in [2.45, 2.75) is 44.3 Å². The standard InChI is InChI=1S/C22H20F7N3O4/c1-9-14(11-4-5-12(23)15(24)16(11)35-20(25)26)17(36-21(9,2)22(27,28)29)19(34)32-10-6-7-31-13(8-10)18(33)30-3/h4-9,14,17,20H,1-3H3,(H,30,33)(H,31,32,34). The van der Waals surface area contributed by atoms with Crippen LogP contribution >= 0.6 is 0 Å². The SMILES string of the molecule is CNC(=O)c1cc(NC(=O)C2OC(C)(C(F)(F)F)C(C)C2c2ccc(F)c(F)c2OC(F)F)ccn1. The second-order valence-corrected chi connectivity index (χ2v) is 8.11. The minimum absolute atomic E-state index is 0.0430. The van der Waals surface area contributed by atoms with Crippen molar-refractivity contribution in [1.82, 2.24) is 10.3 Å². The van der Waals surface area contributed by atoms with Gasteiger partial charge in [0.15, 0.2) is 17.2 Å². The molecule has 0 bridgehead atoms. The number of benzene rings is 1. The van der Waals surface area contributed by atoms with Gasteiger partial charge < -0.3 is 20.1 Å². The van der Waals surface area contributed by atoms with Crippen LogP contribution in [0.25, 0.3) is 0 Å². The maximum Gasteiger partial charge on any atom is 0.417 e. The van der Waals surface area contributed by atoms with E-state index in [-0.39, 0.29) is 11.4 Å². The quantitative estimate of drug-likeness (QED) is 0.548. The first-order valence-corrected chi connectivity index (χ1v) is 10.4. The Morgan fingerprint density at radius 1 is 1.19 bits per heavy atom. The Morgan fingerprint density at radius 3 is 2.44 bits per heavy atom. The van der Waals surface area contributed by atoms with E-state index in [0.717, 1.165) is 25.3 Å². The Bertz CT molecular complexity index is 1160. The number of hydrogen-bond acceptors (Lipinski definition) is 5. The molecule has 0 aliphatic carbocycles. The number of pyridine rings is 1. The van der Waals surface area contributed by atoms with Crippen molar-refractivity contribution in [3.8, 4) is 5.75 Å². The van der Waals surface area contributed by atoms with E-state index in [1.54, 1.807) is 0 Å². The molecule has 0 spiro atoms. The van der Waals surface area contributed by atoms with Gasteiger partial charge in [0.25, 0.3) is 11.8 Å². The number of amides is 2. The number of nitrogens with zero attached hydrogens (tertiary/aromatic N) is 1. The predicted octanol–water partition coefficient (Wildman–Crippen LogP) is 4.40. The molecule has 1 aromatic carbocycles. The summed E-state index contributed by atoms with van der Waals surface area (Å²) in [6, 6.07) is 3.66. The van der Waals surface area contributed by atoms with Crippen molar-refractivity contribution in [3.05, 3.63) is 53.4 Å². The first-order chi connectivity index (χ1) is 16.7. The van der Waals surface area contributed by atoms with Crippen molar-refractivity contribution in [1.29, 1.82) is 0 Å². The fourth-order valence-corrected chi connectivity index (χ4v) is 4.02. The zero-order chi connectivity index (χ0) is 27.0. The predicted molar refractivity (Wildman–Crippen MR) is 110 cm³/mol. The van der Waals surface area contributed by atoms with Crippen LogP contribution in [0.5, 0.6) is 5.75 Å². The molecule has 2 amide bonds. The van der Waals surface area contributed by atoms with Gasteiger partial charge in [0.2, 0.25) is 5.82 Å². The van der Waals surface area contributed by atoms with Gasteiger partial charge >= 0.3 is 12.8 Å². The van der Waals surface area contributed by atoms with Gasteiger partial charge in [0.05, 0.1) is 0 Å². The van der Waals surface area contributed by atoms with E-state index in [4.69, 9.17) is 4.74 Å². The first kappa shape index (κ1) is 27.2. The fraction of sp³-hybridized carbons (Fsp3) is 0.409. The van der Waals surface area contributed by atoms with Crippen molar-refractivity contribution < 1.29 is 49.8 Å². The fourth-order valence-electron chi connectivity index (χ4n) is 4.02. The first-order valence-electron chi connectivity index (χ1n) is 10.4. The summed E-state index contributed by atoms with van der Waals surface area (Å²) >= 11 is 0. The van der Waals surface area contributed by atoms with Crippen LogP contribution in [0.15, 0.2) is 30.5 Å². The van der Waals surface area contributed by atoms with Crippen LogP contribution in [0.3, 0.4) is 0 Å². The van der Waals surface area contributed by atoms with Gasteiger partial charge in [-0.05, 0) is 25.1 Å². The van der Waals surface area contributed by atoms with Crippen molar-refractivity contribution in [3.63, 3.8) is 0 Å². The molecule has 3 rings (SSSR count). The number of rotatable bonds is 6. The maximum absolute atomic E-state index is 14.4. The highest BCUT2D eigenvalue weighted by Gasteiger charge is 2.66. The lowest BCUT2D eigenvalue weighted by molar-refractivity contribution is -0.272. The van der Waals surface area contributed by atoms with E-state index in [9.17, 15) is 40.3 Å². The van der Waals surface area contributed by atoms with Gasteiger partial charge in [-0.25, -0.2) is 4.39 Å². The Labute approximate surface area is 200 Å². The zero-order valence-corrected chi connectivity index (χ0v) is 18.9. The second kappa shape index (κ2) is 9.91. The molecule has 4 atom stereocenters. The largest absolute Gasteiger partial charge is 0.431 e. The summed E-state index contributed by atoms with van der Waals surface area (Å²) in [5.74, 6) is -9.89. The van der Waals surface area contributed by atoms with Crippen LogP contribution in [-0.4, -0.2) is 48.3 Å². The summed E-state index contributed by atoms with van der Waals surface area (Å²) in [6.45, 7) is -1.95. The van der Waals surface area contributed by atoms with Crippen LogP contribution in [0, 0.1) is 17.6 Å². The Kier molecular flexibility index (Phi) is 7.48. The van der Waals surface area contributed by atoms with E-state index >= 15 is 0 Å². The Hall–Kier alpha value is -3.42. The molecule has 4 unspecified atom stereocenters. The van der Waals surface area contributed by atoms with Gasteiger partial charge in [-0.1, -0.05) is 13.0 Å². The molecule has 1 aliphatic heterocycles. The number of carbonyl (C=O) groups excluding carboxylic acids is 2. The topological polar surface area (TPSA) is 89.6 Å². The second-order valence-electron chi connectivity index (χ2n) is 8.11. The molecule has 2 N–H and O–H groups in total. The molecule has 1 fully saturated rings. The number of hydrogen-bond donors (Lipinski definition) is 2. The van der Waals surface area contributed by atoms with Crippen LogP contribution in [0.1, 0.15) is 35.8 Å². The normalized spacial score (nSPS) is 24.0. The summed E-state index contributed by atoms with van der Waals surface area (Å²) in [4.78, 5) is 28.7. The lowest BCUT2D eigenvalue weighted by Gasteiger charge is -2.32. The highest BCUT2D eigenvalue weighted by Crippen LogP contribution is 2.55. The summed E-state index contributed by atoms with van der Waals surface area (Å²) in [5.41, 5.74) is -3.76. The van der Waals surface area contributed by atoms with Gasteiger partial charge in [-0.2, -0.15) is 26.3 Å². The Balaban J connectivity index is 2.09. The summed E-state index contributed by atoms with van der Waals surface area (Å²) < 4.78 is 105. The van der Waals surface area contributed by atoms with Crippen LogP contribution in [-0.2, 0) is 9.53 Å². The van der Waals surface area contributed by atoms with Crippen molar-refractivity contribution >= 4 is 17.5 Å². The van der Waals surface area contributed by atoms with Gasteiger partial charge in [0.1, 0.15) is 11.8 Å². The average molecular weight is 523 g/mol. The third kappa shape index (κ3) is 4.94. The summed E-state index contributed by atoms with van der Waals surface area (Å²) in [5, 5.41) is 4.60. The smallest absolute Gasteiger partial charge is 0.417 e. The lowest BCUT2D eigenvalue weighted by Crippen LogP contribution is -2.47. The number of aromatic nitrogens is 1. The molecule has 14 heteroatoms. The van der Waals surface area contributed by atoms with E-state index < -0.39 is 71.1 Å². The molecular formula is C22H20F7N3O4. The number of anilines is 1. The molecule has 196 valence electrons. The number of ether oxygens (including phenoxy) is 2. The molecular weight excluding hydrogens is 503 g/mol. The van der Waals surface area contributed by atoms with Crippen LogP contribution in [0.2, 0.25) is 0 Å². The molecule has 1 aromatic heterocycles. The van der Waals surface area contributed by atoms with Gasteiger partial charge in [-0.3, -0.25) is 14.6 Å². The molecule has 2 aromatic rings. The van der Waals surface area contributed by atoms with E-state index in [1.807, 2.05) is 0 Å². The number of carbonyl (C=O) groups is 2. The van der Waals surface area contributed by atoms with Gasteiger partial charge in [-0.15, -0.1) is 0 Å². The third-order valence-corrected chi connectivity index (χ3v) is 6.06. The monoisotopic (exact) mass is 523 g/mol.